The largest absolute Gasteiger partial charge is 1.00 e. The molecule has 0 heterocycles. The summed E-state index contributed by atoms with van der Waals surface area (Å²) in [7, 11) is -7.62. The molecule has 0 aliphatic rings. The molecule has 8 heteroatoms. The van der Waals surface area contributed by atoms with Crippen LogP contribution in [0.2, 0.25) is 0 Å². The second kappa shape index (κ2) is 6.87. The third-order valence-electron chi connectivity index (χ3n) is 0.972. The fourth-order valence-electron chi connectivity index (χ4n) is 0.308. The molecule has 0 bridgehead atoms. The van der Waals surface area contributed by atoms with Crippen molar-refractivity contribution < 1.29 is 40.6 Å². The van der Waals surface area contributed by atoms with Gasteiger partial charge in [0.1, 0.15) is 0 Å². The number of hydrogen-bond donors (Lipinski definition) is 1. The minimum atomic E-state index is -4.27. The predicted molar refractivity (Wildman–Crippen MR) is 48.4 cm³/mol. The van der Waals surface area contributed by atoms with Crippen LogP contribution in [0, 0.1) is 7.43 Å². The van der Waals surface area contributed by atoms with Crippen molar-refractivity contribution in [3.63, 3.8) is 0 Å². The molecule has 0 amide bonds. The van der Waals surface area contributed by atoms with Crippen LogP contribution in [0.5, 0.6) is 0 Å². The van der Waals surface area contributed by atoms with Crippen molar-refractivity contribution >= 4 is 25.3 Å². The SMILES string of the molecule is CCS(=O)(=O)CC=S(=O)([O-])O.[CH3-].[Li+]. The first-order chi connectivity index (χ1) is 4.77. The Balaban J connectivity index is -0.000000500. The summed E-state index contributed by atoms with van der Waals surface area (Å²) < 4.78 is 49.5. The second-order valence-electron chi connectivity index (χ2n) is 1.88. The average molecular weight is 223 g/mol. The summed E-state index contributed by atoms with van der Waals surface area (Å²) in [4.78, 5) is 0. The Kier molecular flexibility index (Phi) is 10.1. The molecule has 76 valence electrons. The Morgan fingerprint density at radius 1 is 1.38 bits per heavy atom. The van der Waals surface area contributed by atoms with E-state index >= 15 is 0 Å². The molecule has 1 N–H and O–H groups in total. The van der Waals surface area contributed by atoms with Gasteiger partial charge in [-0.3, -0.25) is 4.21 Å². The first-order valence-electron chi connectivity index (χ1n) is 2.78. The molecule has 5 nitrogen and oxygen atoms in total. The van der Waals surface area contributed by atoms with Crippen molar-refractivity contribution in [2.75, 3.05) is 11.5 Å². The molecule has 0 fully saturated rings. The molecule has 1 unspecified atom stereocenters. The van der Waals surface area contributed by atoms with E-state index in [4.69, 9.17) is 4.55 Å². The smallest absolute Gasteiger partial charge is 0.757 e. The van der Waals surface area contributed by atoms with Gasteiger partial charge in [-0.05, 0) is 5.37 Å². The van der Waals surface area contributed by atoms with Crippen LogP contribution in [0.3, 0.4) is 0 Å². The minimum absolute atomic E-state index is 0. The molecule has 0 aliphatic heterocycles. The maximum absolute atomic E-state index is 10.6. The molecule has 0 aromatic rings. The van der Waals surface area contributed by atoms with Crippen LogP contribution >= 0.6 is 0 Å². The second-order valence-corrected chi connectivity index (χ2v) is 5.64. The first-order valence-corrected chi connectivity index (χ1v) is 6.10. The molecule has 13 heavy (non-hydrogen) atoms. The fourth-order valence-corrected chi connectivity index (χ4v) is 2.06. The monoisotopic (exact) mass is 223 g/mol. The van der Waals surface area contributed by atoms with Crippen molar-refractivity contribution in [3.8, 4) is 0 Å². The summed E-state index contributed by atoms with van der Waals surface area (Å²) in [6, 6.07) is 0. The van der Waals surface area contributed by atoms with Gasteiger partial charge in [0, 0.05) is 15.8 Å². The molecule has 0 radical (unpaired) electrons. The molecule has 0 rings (SSSR count). The van der Waals surface area contributed by atoms with E-state index in [-0.39, 0.29) is 32.0 Å². The van der Waals surface area contributed by atoms with E-state index in [1.807, 2.05) is 0 Å². The Morgan fingerprint density at radius 3 is 2.00 bits per heavy atom. The van der Waals surface area contributed by atoms with Gasteiger partial charge in [-0.25, -0.2) is 8.42 Å². The molecule has 0 saturated heterocycles. The Morgan fingerprint density at radius 2 is 1.77 bits per heavy atom. The molecule has 0 aromatic carbocycles. The van der Waals surface area contributed by atoms with E-state index in [2.05, 4.69) is 0 Å². The number of sulfone groups is 1. The van der Waals surface area contributed by atoms with Gasteiger partial charge in [-0.1, -0.05) is 6.92 Å². The topological polar surface area (TPSA) is 94.5 Å². The summed E-state index contributed by atoms with van der Waals surface area (Å²) in [6.45, 7) is 1.40. The van der Waals surface area contributed by atoms with Crippen molar-refractivity contribution in [1.82, 2.24) is 0 Å². The fraction of sp³-hybridized carbons (Fsp3) is 0.600. The van der Waals surface area contributed by atoms with Gasteiger partial charge in [0.05, 0.1) is 5.75 Å². The normalized spacial score (nSPS) is 14.7. The van der Waals surface area contributed by atoms with Gasteiger partial charge in [0.25, 0.3) is 0 Å². The van der Waals surface area contributed by atoms with Gasteiger partial charge in [0.15, 0.2) is 9.84 Å². The standard InChI is InChI=1S/C4H10O5S2.CH3.Li/c1-2-10(5,6)3-4-11(7,8)9;;/h4H,2-3H2,1H3,(H2,7,8,9);1H3;/q;-1;+1/p-1. The van der Waals surface area contributed by atoms with E-state index in [0.717, 1.165) is 0 Å². The maximum Gasteiger partial charge on any atom is 1.00 e. The summed E-state index contributed by atoms with van der Waals surface area (Å²) in [6.07, 6.45) is 0. The summed E-state index contributed by atoms with van der Waals surface area (Å²) in [5.41, 5.74) is 0. The van der Waals surface area contributed by atoms with E-state index in [1.165, 1.54) is 6.92 Å². The Labute approximate surface area is 91.7 Å². The number of hydrogen-bond acceptors (Lipinski definition) is 4. The van der Waals surface area contributed by atoms with Crippen molar-refractivity contribution in [2.24, 2.45) is 0 Å². The van der Waals surface area contributed by atoms with Gasteiger partial charge < -0.3 is 16.5 Å². The van der Waals surface area contributed by atoms with Gasteiger partial charge in [-0.2, -0.15) is 0 Å². The van der Waals surface area contributed by atoms with Crippen LogP contribution in [0.25, 0.3) is 0 Å². The summed E-state index contributed by atoms with van der Waals surface area (Å²) in [5.74, 6) is -0.776. The maximum atomic E-state index is 10.6. The minimum Gasteiger partial charge on any atom is -0.757 e. The van der Waals surface area contributed by atoms with Crippen LogP contribution in [0.1, 0.15) is 6.92 Å². The molecular weight excluding hydrogens is 211 g/mol. The Hall–Kier alpha value is 0.487. The Bertz CT molecular complexity index is 317. The zero-order valence-corrected chi connectivity index (χ0v) is 9.52. The van der Waals surface area contributed by atoms with E-state index in [1.54, 1.807) is 0 Å². The van der Waals surface area contributed by atoms with Crippen LogP contribution in [0.15, 0.2) is 0 Å². The summed E-state index contributed by atoms with van der Waals surface area (Å²) in [5, 5.41) is 0.367. The van der Waals surface area contributed by atoms with E-state index in [9.17, 15) is 17.2 Å². The molecule has 1 atom stereocenters. The predicted octanol–water partition coefficient (Wildman–Crippen LogP) is -3.43. The molecular formula is C5H12LiO5S2-. The van der Waals surface area contributed by atoms with Gasteiger partial charge >= 0.3 is 18.9 Å². The zero-order chi connectivity index (χ0) is 9.12. The van der Waals surface area contributed by atoms with Crippen LogP contribution in [-0.4, -0.2) is 38.6 Å². The average Bonchev–Trinajstić information content (AvgIpc) is 1.83. The van der Waals surface area contributed by atoms with E-state index in [0.29, 0.717) is 5.37 Å². The third kappa shape index (κ3) is 12.5. The van der Waals surface area contributed by atoms with Crippen molar-refractivity contribution in [2.45, 2.75) is 6.92 Å². The quantitative estimate of drug-likeness (QED) is 0.305. The summed E-state index contributed by atoms with van der Waals surface area (Å²) >= 11 is 0. The van der Waals surface area contributed by atoms with Gasteiger partial charge in [-0.15, -0.1) is 0 Å². The first kappa shape index (κ1) is 19.1. The van der Waals surface area contributed by atoms with Crippen molar-refractivity contribution in [1.29, 1.82) is 0 Å². The van der Waals surface area contributed by atoms with Crippen molar-refractivity contribution in [3.05, 3.63) is 7.43 Å². The van der Waals surface area contributed by atoms with Crippen LogP contribution < -0.4 is 18.9 Å². The van der Waals surface area contributed by atoms with Crippen LogP contribution in [-0.2, 0) is 19.9 Å². The van der Waals surface area contributed by atoms with E-state index < -0.39 is 25.7 Å². The molecule has 0 saturated carbocycles. The molecule has 0 spiro atoms. The number of rotatable bonds is 3. The zero-order valence-electron chi connectivity index (χ0n) is 7.89. The van der Waals surface area contributed by atoms with Crippen LogP contribution in [0.4, 0.5) is 0 Å². The molecule has 0 aliphatic carbocycles. The third-order valence-corrected chi connectivity index (χ3v) is 3.33. The van der Waals surface area contributed by atoms with Gasteiger partial charge in [0.2, 0.25) is 0 Å². The molecule has 0 aromatic heterocycles.